The number of carbonyl (C=O) groups is 2. The molecule has 180 valence electrons. The Morgan fingerprint density at radius 2 is 1.61 bits per heavy atom. The summed E-state index contributed by atoms with van der Waals surface area (Å²) in [5.74, 6) is 0.670. The molecule has 3 saturated heterocycles. The summed E-state index contributed by atoms with van der Waals surface area (Å²) >= 11 is 0. The van der Waals surface area contributed by atoms with Crippen molar-refractivity contribution < 1.29 is 14.5 Å². The van der Waals surface area contributed by atoms with E-state index in [1.165, 1.54) is 18.6 Å². The number of piperazine rings is 1. The maximum atomic E-state index is 13.5. The smallest absolute Gasteiger partial charge is 0.270 e. The van der Waals surface area contributed by atoms with Crippen LogP contribution in [0.15, 0.2) is 18.2 Å². The van der Waals surface area contributed by atoms with Crippen LogP contribution in [0.5, 0.6) is 0 Å². The lowest BCUT2D eigenvalue weighted by Gasteiger charge is -2.37. The SMILES string of the molecule is CC1CCN(c2ccc([N+](=O)[O-])cc2C(=O)N2CCN(CC(=O)N3CCCCC3)CC2)CC1. The third-order valence-corrected chi connectivity index (χ3v) is 7.27. The highest BCUT2D eigenvalue weighted by atomic mass is 16.6. The van der Waals surface area contributed by atoms with Gasteiger partial charge in [-0.2, -0.15) is 0 Å². The molecule has 0 radical (unpaired) electrons. The van der Waals surface area contributed by atoms with E-state index in [1.807, 2.05) is 4.90 Å². The van der Waals surface area contributed by atoms with Crippen molar-refractivity contribution >= 4 is 23.2 Å². The van der Waals surface area contributed by atoms with Crippen LogP contribution in [0, 0.1) is 16.0 Å². The number of hydrogen-bond acceptors (Lipinski definition) is 6. The van der Waals surface area contributed by atoms with Gasteiger partial charge in [0.15, 0.2) is 0 Å². The van der Waals surface area contributed by atoms with Crippen molar-refractivity contribution in [2.45, 2.75) is 39.0 Å². The molecule has 0 aliphatic carbocycles. The fourth-order valence-corrected chi connectivity index (χ4v) is 5.05. The Bertz CT molecular complexity index is 870. The summed E-state index contributed by atoms with van der Waals surface area (Å²) in [4.78, 5) is 45.0. The standard InChI is InChI=1S/C24H35N5O4/c1-19-7-11-26(12-8-19)22-6-5-20(29(32)33)17-21(22)24(31)28-15-13-25(14-16-28)18-23(30)27-9-3-2-4-10-27/h5-6,17,19H,2-4,7-16,18H2,1H3. The van der Waals surface area contributed by atoms with Crippen LogP contribution in [0.1, 0.15) is 49.4 Å². The first-order chi connectivity index (χ1) is 15.9. The molecule has 9 nitrogen and oxygen atoms in total. The van der Waals surface area contributed by atoms with Gasteiger partial charge in [0.1, 0.15) is 0 Å². The number of piperidine rings is 2. The summed E-state index contributed by atoms with van der Waals surface area (Å²) in [5.41, 5.74) is 1.15. The van der Waals surface area contributed by atoms with Crippen molar-refractivity contribution in [1.82, 2.24) is 14.7 Å². The largest absolute Gasteiger partial charge is 0.371 e. The van der Waals surface area contributed by atoms with Gasteiger partial charge >= 0.3 is 0 Å². The van der Waals surface area contributed by atoms with Gasteiger partial charge in [-0.05, 0) is 44.1 Å². The Morgan fingerprint density at radius 3 is 2.24 bits per heavy atom. The predicted octanol–water partition coefficient (Wildman–Crippen LogP) is 2.60. The average Bonchev–Trinajstić information content (AvgIpc) is 2.84. The molecule has 3 fully saturated rings. The van der Waals surface area contributed by atoms with Gasteiger partial charge in [0.05, 0.1) is 22.7 Å². The molecule has 1 aromatic rings. The Kier molecular flexibility index (Phi) is 7.47. The van der Waals surface area contributed by atoms with E-state index in [9.17, 15) is 19.7 Å². The van der Waals surface area contributed by atoms with Crippen LogP contribution >= 0.6 is 0 Å². The predicted molar refractivity (Wildman–Crippen MR) is 126 cm³/mol. The lowest BCUT2D eigenvalue weighted by atomic mass is 9.97. The molecule has 0 atom stereocenters. The minimum atomic E-state index is -0.441. The first-order valence-corrected chi connectivity index (χ1v) is 12.2. The number of amides is 2. The van der Waals surface area contributed by atoms with Gasteiger partial charge in [0.2, 0.25) is 5.91 Å². The number of non-ortho nitro benzene ring substituents is 1. The van der Waals surface area contributed by atoms with Crippen molar-refractivity contribution in [3.63, 3.8) is 0 Å². The molecule has 0 bridgehead atoms. The second-order valence-corrected chi connectivity index (χ2v) is 9.64. The number of benzene rings is 1. The molecule has 3 aliphatic heterocycles. The molecule has 0 unspecified atom stereocenters. The van der Waals surface area contributed by atoms with Gasteiger partial charge in [-0.1, -0.05) is 6.92 Å². The van der Waals surface area contributed by atoms with Crippen molar-refractivity contribution in [3.8, 4) is 0 Å². The van der Waals surface area contributed by atoms with Crippen LogP contribution in [0.3, 0.4) is 0 Å². The zero-order valence-electron chi connectivity index (χ0n) is 19.6. The van der Waals surface area contributed by atoms with Crippen LogP contribution < -0.4 is 4.90 Å². The highest BCUT2D eigenvalue weighted by molar-refractivity contribution is 6.00. The normalized spacial score (nSPS) is 20.7. The molecule has 2 amide bonds. The molecule has 33 heavy (non-hydrogen) atoms. The monoisotopic (exact) mass is 457 g/mol. The van der Waals surface area contributed by atoms with Crippen molar-refractivity contribution in [3.05, 3.63) is 33.9 Å². The van der Waals surface area contributed by atoms with Gasteiger partial charge in [0, 0.05) is 64.5 Å². The maximum Gasteiger partial charge on any atom is 0.270 e. The van der Waals surface area contributed by atoms with Crippen molar-refractivity contribution in [2.24, 2.45) is 5.92 Å². The number of rotatable bonds is 5. The molecule has 0 aromatic heterocycles. The molecule has 9 heteroatoms. The van der Waals surface area contributed by atoms with E-state index in [2.05, 4.69) is 16.7 Å². The van der Waals surface area contributed by atoms with E-state index in [0.717, 1.165) is 57.5 Å². The Balaban J connectivity index is 1.41. The fourth-order valence-electron chi connectivity index (χ4n) is 5.05. The average molecular weight is 458 g/mol. The van der Waals surface area contributed by atoms with Crippen molar-refractivity contribution in [1.29, 1.82) is 0 Å². The lowest BCUT2D eigenvalue weighted by molar-refractivity contribution is -0.384. The minimum absolute atomic E-state index is 0.0572. The van der Waals surface area contributed by atoms with Crippen molar-refractivity contribution in [2.75, 3.05) is 63.8 Å². The van der Waals surface area contributed by atoms with E-state index in [1.54, 1.807) is 11.0 Å². The van der Waals surface area contributed by atoms with Gasteiger partial charge < -0.3 is 14.7 Å². The molecule has 1 aromatic carbocycles. The summed E-state index contributed by atoms with van der Waals surface area (Å²) in [6.45, 7) is 8.34. The molecule has 0 N–H and O–H groups in total. The fraction of sp³-hybridized carbons (Fsp3) is 0.667. The Morgan fingerprint density at radius 1 is 0.939 bits per heavy atom. The van der Waals surface area contributed by atoms with Gasteiger partial charge in [0.25, 0.3) is 11.6 Å². The number of likely N-dealkylation sites (tertiary alicyclic amines) is 1. The van der Waals surface area contributed by atoms with E-state index in [-0.39, 0.29) is 17.5 Å². The van der Waals surface area contributed by atoms with Crippen LogP contribution in [-0.2, 0) is 4.79 Å². The van der Waals surface area contributed by atoms with Crippen LogP contribution in [0.2, 0.25) is 0 Å². The number of anilines is 1. The zero-order chi connectivity index (χ0) is 23.4. The number of carbonyl (C=O) groups excluding carboxylic acids is 2. The summed E-state index contributed by atoms with van der Waals surface area (Å²) in [7, 11) is 0. The number of nitro benzene ring substituents is 1. The molecular formula is C24H35N5O4. The van der Waals surface area contributed by atoms with Gasteiger partial charge in [-0.15, -0.1) is 0 Å². The van der Waals surface area contributed by atoms with Crippen LogP contribution in [-0.4, -0.2) is 90.3 Å². The second-order valence-electron chi connectivity index (χ2n) is 9.64. The Hall–Kier alpha value is -2.68. The first kappa shape index (κ1) is 23.5. The maximum absolute atomic E-state index is 13.5. The minimum Gasteiger partial charge on any atom is -0.371 e. The number of nitrogens with zero attached hydrogens (tertiary/aromatic N) is 5. The van der Waals surface area contributed by atoms with Crippen LogP contribution in [0.4, 0.5) is 11.4 Å². The number of hydrogen-bond donors (Lipinski definition) is 0. The summed E-state index contributed by atoms with van der Waals surface area (Å²) < 4.78 is 0. The lowest BCUT2D eigenvalue weighted by Crippen LogP contribution is -2.52. The second kappa shape index (κ2) is 10.5. The van der Waals surface area contributed by atoms with E-state index in [0.29, 0.717) is 44.2 Å². The first-order valence-electron chi connectivity index (χ1n) is 12.2. The third-order valence-electron chi connectivity index (χ3n) is 7.27. The quantitative estimate of drug-likeness (QED) is 0.499. The molecule has 0 saturated carbocycles. The third kappa shape index (κ3) is 5.63. The molecule has 3 aliphatic rings. The zero-order valence-corrected chi connectivity index (χ0v) is 19.6. The summed E-state index contributed by atoms with van der Waals surface area (Å²) in [6.07, 6.45) is 5.45. The van der Waals surface area contributed by atoms with E-state index < -0.39 is 4.92 Å². The summed E-state index contributed by atoms with van der Waals surface area (Å²) in [5, 5.41) is 11.4. The topological polar surface area (TPSA) is 90.2 Å². The van der Waals surface area contributed by atoms with Gasteiger partial charge in [-0.25, -0.2) is 0 Å². The van der Waals surface area contributed by atoms with E-state index in [4.69, 9.17) is 0 Å². The number of nitro groups is 1. The van der Waals surface area contributed by atoms with Gasteiger partial charge in [-0.3, -0.25) is 24.6 Å². The molecule has 4 rings (SSSR count). The summed E-state index contributed by atoms with van der Waals surface area (Å²) in [6, 6.07) is 4.66. The Labute approximate surface area is 195 Å². The molecule has 0 spiro atoms. The highest BCUT2D eigenvalue weighted by Gasteiger charge is 2.29. The molecular weight excluding hydrogens is 422 g/mol. The van der Waals surface area contributed by atoms with Crippen LogP contribution in [0.25, 0.3) is 0 Å². The van der Waals surface area contributed by atoms with E-state index >= 15 is 0 Å². The molecule has 3 heterocycles. The highest BCUT2D eigenvalue weighted by Crippen LogP contribution is 2.30.